The van der Waals surface area contributed by atoms with Gasteiger partial charge in [-0.3, -0.25) is 9.59 Å². The van der Waals surface area contributed by atoms with Crippen molar-refractivity contribution in [3.63, 3.8) is 0 Å². The Labute approximate surface area is 180 Å². The number of nitrogens with one attached hydrogen (secondary N) is 1. The van der Waals surface area contributed by atoms with Gasteiger partial charge < -0.3 is 15.0 Å². The molecule has 1 N–H and O–H groups in total. The van der Waals surface area contributed by atoms with Crippen molar-refractivity contribution in [1.82, 2.24) is 0 Å². The van der Waals surface area contributed by atoms with E-state index in [1.54, 1.807) is 28.4 Å². The number of amides is 2. The number of hydrogen-bond acceptors (Lipinski definition) is 5. The number of carbonyl (C=O) groups is 3. The van der Waals surface area contributed by atoms with Gasteiger partial charge in [0, 0.05) is 34.6 Å². The molecule has 30 heavy (non-hydrogen) atoms. The Morgan fingerprint density at radius 1 is 1.23 bits per heavy atom. The summed E-state index contributed by atoms with van der Waals surface area (Å²) in [6, 6.07) is 7.23. The van der Waals surface area contributed by atoms with Gasteiger partial charge in [0.1, 0.15) is 6.61 Å². The highest BCUT2D eigenvalue weighted by molar-refractivity contribution is 7.10. The Bertz CT molecular complexity index is 951. The van der Waals surface area contributed by atoms with E-state index in [1.165, 1.54) is 4.88 Å². The monoisotopic (exact) mass is 426 g/mol. The van der Waals surface area contributed by atoms with E-state index in [4.69, 9.17) is 4.74 Å². The number of thiophene rings is 1. The summed E-state index contributed by atoms with van der Waals surface area (Å²) in [6.07, 6.45) is 4.61. The third-order valence-corrected chi connectivity index (χ3v) is 6.77. The Morgan fingerprint density at radius 2 is 2.03 bits per heavy atom. The summed E-state index contributed by atoms with van der Waals surface area (Å²) >= 11 is 1.63. The molecule has 1 aromatic carbocycles. The smallest absolute Gasteiger partial charge is 0.339 e. The predicted molar refractivity (Wildman–Crippen MR) is 117 cm³/mol. The number of fused-ring (bicyclic) bond motifs is 1. The lowest BCUT2D eigenvalue weighted by atomic mass is 9.88. The van der Waals surface area contributed by atoms with Crippen LogP contribution in [0.25, 0.3) is 0 Å². The zero-order valence-corrected chi connectivity index (χ0v) is 17.9. The largest absolute Gasteiger partial charge is 0.462 e. The maximum Gasteiger partial charge on any atom is 0.339 e. The molecule has 2 heterocycles. The molecule has 1 aliphatic heterocycles. The molecule has 7 heteroatoms. The van der Waals surface area contributed by atoms with Gasteiger partial charge in [-0.2, -0.15) is 0 Å². The van der Waals surface area contributed by atoms with Crippen molar-refractivity contribution in [2.24, 2.45) is 5.92 Å². The second kappa shape index (κ2) is 9.00. The first-order valence-electron chi connectivity index (χ1n) is 10.5. The maximum atomic E-state index is 12.4. The summed E-state index contributed by atoms with van der Waals surface area (Å²) in [6.45, 7) is 3.02. The number of anilines is 2. The van der Waals surface area contributed by atoms with Crippen molar-refractivity contribution in [2.75, 3.05) is 23.4 Å². The molecule has 0 bridgehead atoms. The number of nitrogens with zero attached hydrogens (tertiary/aromatic N) is 1. The predicted octanol–water partition coefficient (Wildman–Crippen LogP) is 4.19. The van der Waals surface area contributed by atoms with Crippen LogP contribution in [0.3, 0.4) is 0 Å². The minimum absolute atomic E-state index is 0.0477. The van der Waals surface area contributed by atoms with E-state index < -0.39 is 0 Å². The number of rotatable bonds is 6. The van der Waals surface area contributed by atoms with E-state index >= 15 is 0 Å². The quantitative estimate of drug-likeness (QED) is 0.703. The molecule has 0 spiro atoms. The third kappa shape index (κ3) is 4.56. The van der Waals surface area contributed by atoms with Crippen molar-refractivity contribution >= 4 is 40.5 Å². The van der Waals surface area contributed by atoms with Crippen LogP contribution in [0.5, 0.6) is 0 Å². The maximum absolute atomic E-state index is 12.4. The minimum Gasteiger partial charge on any atom is -0.462 e. The van der Waals surface area contributed by atoms with Crippen molar-refractivity contribution in [1.29, 1.82) is 0 Å². The van der Waals surface area contributed by atoms with Gasteiger partial charge in [-0.05, 0) is 61.4 Å². The Hall–Kier alpha value is -2.67. The molecule has 1 unspecified atom stereocenters. The zero-order valence-electron chi connectivity index (χ0n) is 17.1. The van der Waals surface area contributed by atoms with Crippen LogP contribution in [-0.2, 0) is 27.2 Å². The highest BCUT2D eigenvalue weighted by atomic mass is 32.1. The van der Waals surface area contributed by atoms with E-state index in [-0.39, 0.29) is 30.8 Å². The molecule has 6 nitrogen and oxygen atoms in total. The van der Waals surface area contributed by atoms with Crippen molar-refractivity contribution in [3.05, 3.63) is 45.6 Å². The van der Waals surface area contributed by atoms with Crippen LogP contribution >= 0.6 is 11.3 Å². The average molecular weight is 427 g/mol. The molecule has 1 atom stereocenters. The van der Waals surface area contributed by atoms with Crippen molar-refractivity contribution < 1.29 is 19.1 Å². The fourth-order valence-electron chi connectivity index (χ4n) is 4.03. The van der Waals surface area contributed by atoms with Gasteiger partial charge in [0.2, 0.25) is 11.8 Å². The molecule has 2 amide bonds. The number of benzene rings is 1. The van der Waals surface area contributed by atoms with E-state index in [0.717, 1.165) is 43.5 Å². The lowest BCUT2D eigenvalue weighted by Gasteiger charge is -2.18. The summed E-state index contributed by atoms with van der Waals surface area (Å²) in [5, 5.41) is 4.69. The van der Waals surface area contributed by atoms with Gasteiger partial charge in [0.25, 0.3) is 0 Å². The van der Waals surface area contributed by atoms with E-state index in [0.29, 0.717) is 23.6 Å². The second-order valence-corrected chi connectivity index (χ2v) is 8.99. The lowest BCUT2D eigenvalue weighted by molar-refractivity contribution is -0.117. The first kappa shape index (κ1) is 20.6. The van der Waals surface area contributed by atoms with Gasteiger partial charge in [-0.15, -0.1) is 11.3 Å². The Kier molecular flexibility index (Phi) is 6.18. The lowest BCUT2D eigenvalue weighted by Crippen LogP contribution is -2.23. The SMILES string of the molecule is CC1CCc2c(C(=O)OCCC(=O)Nc3ccc(N4CCCC4=O)cc3)csc2C1. The van der Waals surface area contributed by atoms with Gasteiger partial charge in [-0.1, -0.05) is 6.92 Å². The second-order valence-electron chi connectivity index (χ2n) is 8.03. The van der Waals surface area contributed by atoms with Crippen LogP contribution in [0, 0.1) is 5.92 Å². The van der Waals surface area contributed by atoms with Gasteiger partial charge in [0.15, 0.2) is 0 Å². The number of hydrogen-bond donors (Lipinski definition) is 1. The van der Waals surface area contributed by atoms with Crippen LogP contribution in [-0.4, -0.2) is 30.9 Å². The number of ether oxygens (including phenoxy) is 1. The molecular formula is C23H26N2O4S. The van der Waals surface area contributed by atoms with Crippen LogP contribution in [0.4, 0.5) is 11.4 Å². The number of carbonyl (C=O) groups excluding carboxylic acids is 3. The van der Waals surface area contributed by atoms with Crippen molar-refractivity contribution in [3.8, 4) is 0 Å². The molecule has 2 aliphatic rings. The highest BCUT2D eigenvalue weighted by Gasteiger charge is 2.24. The highest BCUT2D eigenvalue weighted by Crippen LogP contribution is 2.33. The first-order valence-corrected chi connectivity index (χ1v) is 11.4. The van der Waals surface area contributed by atoms with Gasteiger partial charge in [-0.25, -0.2) is 4.79 Å². The topological polar surface area (TPSA) is 75.7 Å². The third-order valence-electron chi connectivity index (χ3n) is 5.72. The molecule has 0 saturated carbocycles. The molecule has 1 aliphatic carbocycles. The van der Waals surface area contributed by atoms with E-state index in [9.17, 15) is 14.4 Å². The van der Waals surface area contributed by atoms with Crippen LogP contribution in [0.2, 0.25) is 0 Å². The van der Waals surface area contributed by atoms with E-state index in [1.807, 2.05) is 17.5 Å². The van der Waals surface area contributed by atoms with E-state index in [2.05, 4.69) is 12.2 Å². The molecule has 158 valence electrons. The summed E-state index contributed by atoms with van der Waals surface area (Å²) < 4.78 is 5.35. The first-order chi connectivity index (χ1) is 14.5. The molecule has 1 saturated heterocycles. The molecule has 4 rings (SSSR count). The number of esters is 1. The summed E-state index contributed by atoms with van der Waals surface area (Å²) in [5.41, 5.74) is 3.29. The Balaban J connectivity index is 1.24. The fourth-order valence-corrected chi connectivity index (χ4v) is 5.27. The van der Waals surface area contributed by atoms with Gasteiger partial charge in [0.05, 0.1) is 12.0 Å². The van der Waals surface area contributed by atoms with Gasteiger partial charge >= 0.3 is 5.97 Å². The fraction of sp³-hybridized carbons (Fsp3) is 0.435. The Morgan fingerprint density at radius 3 is 2.77 bits per heavy atom. The van der Waals surface area contributed by atoms with Crippen LogP contribution in [0.15, 0.2) is 29.6 Å². The normalized spacial score (nSPS) is 18.2. The van der Waals surface area contributed by atoms with Crippen LogP contribution < -0.4 is 10.2 Å². The van der Waals surface area contributed by atoms with Crippen molar-refractivity contribution in [2.45, 2.75) is 45.4 Å². The summed E-state index contributed by atoms with van der Waals surface area (Å²) in [4.78, 5) is 39.4. The molecule has 0 radical (unpaired) electrons. The summed E-state index contributed by atoms with van der Waals surface area (Å²) in [5.74, 6) is 0.243. The standard InChI is InChI=1S/C23H26N2O4S/c1-15-4-9-18-19(14-30-20(18)13-15)23(28)29-12-10-21(26)24-16-5-7-17(8-6-16)25-11-2-3-22(25)27/h5-8,14-15H,2-4,9-13H2,1H3,(H,24,26). The van der Waals surface area contributed by atoms with Crippen LogP contribution in [0.1, 0.15) is 53.4 Å². The zero-order chi connectivity index (χ0) is 21.1. The molecule has 2 aromatic rings. The molecule has 1 aromatic heterocycles. The average Bonchev–Trinajstić information content (AvgIpc) is 3.34. The minimum atomic E-state index is -0.338. The molecule has 1 fully saturated rings. The molecular weight excluding hydrogens is 400 g/mol. The summed E-state index contributed by atoms with van der Waals surface area (Å²) in [7, 11) is 0.